The van der Waals surface area contributed by atoms with Gasteiger partial charge in [0.05, 0.1) is 16.1 Å². The van der Waals surface area contributed by atoms with Crippen LogP contribution in [-0.2, 0) is 0 Å². The second kappa shape index (κ2) is 7.33. The molecule has 2 rings (SSSR count). The van der Waals surface area contributed by atoms with Crippen molar-refractivity contribution in [2.45, 2.75) is 0 Å². The molecule has 0 unspecified atom stereocenters. The average Bonchev–Trinajstić information content (AvgIpc) is 2.49. The lowest BCUT2D eigenvalue weighted by Gasteiger charge is -2.03. The summed E-state index contributed by atoms with van der Waals surface area (Å²) in [6, 6.07) is 17.7. The van der Waals surface area contributed by atoms with Crippen LogP contribution < -0.4 is 4.74 Å². The van der Waals surface area contributed by atoms with E-state index in [9.17, 15) is 0 Å². The van der Waals surface area contributed by atoms with Gasteiger partial charge in [0.2, 0.25) is 0 Å². The van der Waals surface area contributed by atoms with Crippen LogP contribution in [0.3, 0.4) is 0 Å². The standard InChI is InChI=1S/C17H12Br2O/c1-20-15-10-8-14(9-11-15)16(17(18)19)12-7-13-5-3-2-4-6-13/h2-6,8-11H,1H3. The van der Waals surface area contributed by atoms with Gasteiger partial charge in [0.25, 0.3) is 0 Å². The third kappa shape index (κ3) is 4.00. The lowest BCUT2D eigenvalue weighted by molar-refractivity contribution is 0.415. The lowest BCUT2D eigenvalue weighted by Crippen LogP contribution is -1.85. The molecule has 0 atom stereocenters. The van der Waals surface area contributed by atoms with E-state index in [0.717, 1.165) is 25.8 Å². The van der Waals surface area contributed by atoms with Crippen molar-refractivity contribution in [2.24, 2.45) is 0 Å². The minimum atomic E-state index is 0.829. The molecule has 0 heterocycles. The van der Waals surface area contributed by atoms with E-state index < -0.39 is 0 Å². The number of halogens is 2. The van der Waals surface area contributed by atoms with Crippen LogP contribution in [0.4, 0.5) is 0 Å². The van der Waals surface area contributed by atoms with Gasteiger partial charge in [0.1, 0.15) is 5.75 Å². The molecule has 0 aromatic heterocycles. The third-order valence-corrected chi connectivity index (χ3v) is 3.47. The molecule has 0 saturated carbocycles. The Kier molecular flexibility index (Phi) is 5.46. The number of hydrogen-bond donors (Lipinski definition) is 0. The zero-order valence-corrected chi connectivity index (χ0v) is 14.0. The summed E-state index contributed by atoms with van der Waals surface area (Å²) in [6.07, 6.45) is 0. The van der Waals surface area contributed by atoms with E-state index in [-0.39, 0.29) is 0 Å². The molecule has 2 aromatic rings. The molecule has 0 bridgehead atoms. The zero-order chi connectivity index (χ0) is 14.4. The highest BCUT2D eigenvalue weighted by Gasteiger charge is 2.03. The number of methoxy groups -OCH3 is 1. The maximum Gasteiger partial charge on any atom is 0.118 e. The molecule has 0 spiro atoms. The SMILES string of the molecule is COc1ccc(C(C#Cc2ccccc2)=C(Br)Br)cc1. The summed E-state index contributed by atoms with van der Waals surface area (Å²) in [5.41, 5.74) is 2.91. The maximum absolute atomic E-state index is 5.16. The van der Waals surface area contributed by atoms with Gasteiger partial charge in [-0.3, -0.25) is 0 Å². The summed E-state index contributed by atoms with van der Waals surface area (Å²) in [5.74, 6) is 7.17. The minimum Gasteiger partial charge on any atom is -0.497 e. The predicted molar refractivity (Wildman–Crippen MR) is 91.1 cm³/mol. The molecule has 0 saturated heterocycles. The van der Waals surface area contributed by atoms with E-state index in [4.69, 9.17) is 4.74 Å². The van der Waals surface area contributed by atoms with Crippen molar-refractivity contribution in [1.29, 1.82) is 0 Å². The van der Waals surface area contributed by atoms with E-state index in [1.807, 2.05) is 54.6 Å². The molecule has 0 N–H and O–H groups in total. The second-order valence-electron chi connectivity index (χ2n) is 3.98. The minimum absolute atomic E-state index is 0.829. The average molecular weight is 392 g/mol. The molecule has 0 aliphatic carbocycles. The molecule has 3 heteroatoms. The first-order valence-electron chi connectivity index (χ1n) is 5.97. The molecule has 1 nitrogen and oxygen atoms in total. The molecule has 0 aliphatic heterocycles. The van der Waals surface area contributed by atoms with E-state index in [1.54, 1.807) is 7.11 Å². The van der Waals surface area contributed by atoms with Crippen LogP contribution in [0.2, 0.25) is 0 Å². The Morgan fingerprint density at radius 2 is 1.60 bits per heavy atom. The predicted octanol–water partition coefficient (Wildman–Crippen LogP) is 5.21. The highest BCUT2D eigenvalue weighted by atomic mass is 79.9. The van der Waals surface area contributed by atoms with Gasteiger partial charge in [0.15, 0.2) is 0 Å². The highest BCUT2D eigenvalue weighted by molar-refractivity contribution is 9.28. The summed E-state index contributed by atoms with van der Waals surface area (Å²) >= 11 is 6.90. The van der Waals surface area contributed by atoms with E-state index in [1.165, 1.54) is 0 Å². The summed E-state index contributed by atoms with van der Waals surface area (Å²) in [4.78, 5) is 0. The largest absolute Gasteiger partial charge is 0.497 e. The molecule has 100 valence electrons. The van der Waals surface area contributed by atoms with Gasteiger partial charge < -0.3 is 4.74 Å². The summed E-state index contributed by atoms with van der Waals surface area (Å²) in [7, 11) is 1.65. The molecule has 20 heavy (non-hydrogen) atoms. The van der Waals surface area contributed by atoms with Crippen molar-refractivity contribution in [2.75, 3.05) is 7.11 Å². The first-order valence-corrected chi connectivity index (χ1v) is 7.56. The molecule has 0 amide bonds. The Morgan fingerprint density at radius 1 is 0.950 bits per heavy atom. The van der Waals surface area contributed by atoms with Crippen molar-refractivity contribution in [3.63, 3.8) is 0 Å². The Balaban J connectivity index is 2.34. The van der Waals surface area contributed by atoms with Crippen LogP contribution in [0.1, 0.15) is 11.1 Å². The van der Waals surface area contributed by atoms with Crippen molar-refractivity contribution < 1.29 is 4.74 Å². The summed E-state index contributed by atoms with van der Waals surface area (Å²) in [5, 5.41) is 0. The van der Waals surface area contributed by atoms with Crippen LogP contribution in [0.25, 0.3) is 5.57 Å². The van der Waals surface area contributed by atoms with Crippen LogP contribution in [-0.4, -0.2) is 7.11 Å². The van der Waals surface area contributed by atoms with Gasteiger partial charge in [-0.25, -0.2) is 0 Å². The van der Waals surface area contributed by atoms with Crippen LogP contribution >= 0.6 is 31.9 Å². The maximum atomic E-state index is 5.16. The van der Waals surface area contributed by atoms with Gasteiger partial charge in [-0.2, -0.15) is 0 Å². The second-order valence-corrected chi connectivity index (χ2v) is 6.63. The number of ether oxygens (including phenoxy) is 1. The molecule has 0 radical (unpaired) electrons. The zero-order valence-electron chi connectivity index (χ0n) is 10.9. The van der Waals surface area contributed by atoms with Gasteiger partial charge in [-0.05, 0) is 73.8 Å². The Bertz CT molecular complexity index is 658. The number of hydrogen-bond acceptors (Lipinski definition) is 1. The van der Waals surface area contributed by atoms with E-state index in [2.05, 4.69) is 43.7 Å². The fourth-order valence-electron chi connectivity index (χ4n) is 1.64. The summed E-state index contributed by atoms with van der Waals surface area (Å²) < 4.78 is 6.00. The van der Waals surface area contributed by atoms with Crippen molar-refractivity contribution in [1.82, 2.24) is 0 Å². The lowest BCUT2D eigenvalue weighted by atomic mass is 10.1. The van der Waals surface area contributed by atoms with Crippen molar-refractivity contribution in [3.8, 4) is 17.6 Å². The Labute approximate surface area is 135 Å². The van der Waals surface area contributed by atoms with Gasteiger partial charge >= 0.3 is 0 Å². The van der Waals surface area contributed by atoms with Crippen LogP contribution in [0, 0.1) is 11.8 Å². The smallest absolute Gasteiger partial charge is 0.118 e. The van der Waals surface area contributed by atoms with Crippen LogP contribution in [0.5, 0.6) is 5.75 Å². The quantitative estimate of drug-likeness (QED) is 0.639. The normalized spacial score (nSPS) is 9.35. The fraction of sp³-hybridized carbons (Fsp3) is 0.0588. The van der Waals surface area contributed by atoms with Gasteiger partial charge in [-0.15, -0.1) is 0 Å². The Morgan fingerprint density at radius 3 is 2.15 bits per heavy atom. The van der Waals surface area contributed by atoms with E-state index >= 15 is 0 Å². The molecular formula is C17H12Br2O. The first-order chi connectivity index (χ1) is 9.70. The van der Waals surface area contributed by atoms with Gasteiger partial charge in [-0.1, -0.05) is 30.0 Å². The number of allylic oxidation sites excluding steroid dienone is 1. The topological polar surface area (TPSA) is 9.23 Å². The third-order valence-electron chi connectivity index (χ3n) is 2.67. The molecule has 0 fully saturated rings. The summed E-state index contributed by atoms with van der Waals surface area (Å²) in [6.45, 7) is 0. The molecule has 2 aromatic carbocycles. The fourth-order valence-corrected chi connectivity index (χ4v) is 2.30. The van der Waals surface area contributed by atoms with Gasteiger partial charge in [0, 0.05) is 5.56 Å². The Hall–Kier alpha value is -1.50. The monoisotopic (exact) mass is 390 g/mol. The van der Waals surface area contributed by atoms with Crippen molar-refractivity contribution >= 4 is 37.4 Å². The highest BCUT2D eigenvalue weighted by Crippen LogP contribution is 2.28. The van der Waals surface area contributed by atoms with E-state index in [0.29, 0.717) is 0 Å². The van der Waals surface area contributed by atoms with Crippen molar-refractivity contribution in [3.05, 3.63) is 69.1 Å². The number of rotatable bonds is 2. The molecular weight excluding hydrogens is 380 g/mol. The van der Waals surface area contributed by atoms with Crippen LogP contribution in [0.15, 0.2) is 58.0 Å². The number of benzene rings is 2. The molecule has 0 aliphatic rings. The first kappa shape index (κ1) is 14.9.